The Kier molecular flexibility index (Phi) is 10.3. The minimum absolute atomic E-state index is 0.0312. The van der Waals surface area contributed by atoms with Crippen molar-refractivity contribution in [2.75, 3.05) is 18.5 Å². The van der Waals surface area contributed by atoms with Gasteiger partial charge in [-0.3, -0.25) is 14.5 Å². The first-order chi connectivity index (χ1) is 17.7. The molecule has 1 atom stereocenters. The van der Waals surface area contributed by atoms with E-state index in [1.165, 1.54) is 36.0 Å². The second-order valence-corrected chi connectivity index (χ2v) is 11.5. The van der Waals surface area contributed by atoms with Gasteiger partial charge in [0.2, 0.25) is 11.8 Å². The molecule has 0 spiro atoms. The van der Waals surface area contributed by atoms with E-state index in [2.05, 4.69) is 23.2 Å². The number of unbranched alkanes of at least 4 members (excludes halogenated alkanes) is 3. The smallest absolute Gasteiger partial charge is 0.284 e. The summed E-state index contributed by atoms with van der Waals surface area (Å²) in [6.45, 7) is 8.40. The van der Waals surface area contributed by atoms with Crippen LogP contribution in [0.3, 0.4) is 0 Å². The third-order valence-electron chi connectivity index (χ3n) is 5.62. The Labute approximate surface area is 223 Å². The lowest BCUT2D eigenvalue weighted by Crippen LogP contribution is -2.33. The molecular formula is C27H33N3O5S2. The van der Waals surface area contributed by atoms with Gasteiger partial charge < -0.3 is 10.1 Å². The SMILES string of the molecule is C=CCN1C(=O)C(CC(=O)Nc2ccc(OCCCCCC)cc2)SC1=NS(=O)(=O)c1ccc(C)cc1. The van der Waals surface area contributed by atoms with E-state index in [9.17, 15) is 18.0 Å². The van der Waals surface area contributed by atoms with Crippen LogP contribution in [0.4, 0.5) is 5.69 Å². The Hall–Kier alpha value is -3.11. The molecule has 1 N–H and O–H groups in total. The standard InChI is InChI=1S/C27H33N3O5S2/c1-4-6-7-8-18-35-22-13-11-21(12-14-22)28-25(31)19-24-26(32)30(17-5-2)27(36-24)29-37(33,34)23-15-9-20(3)10-16-23/h5,9-16,24H,2,4,6-8,17-19H2,1,3H3,(H,28,31). The fraction of sp³-hybridized carbons (Fsp3) is 0.370. The summed E-state index contributed by atoms with van der Waals surface area (Å²) < 4.78 is 35.3. The number of hydrogen-bond acceptors (Lipinski definition) is 6. The van der Waals surface area contributed by atoms with Crippen LogP contribution in [0.1, 0.15) is 44.6 Å². The van der Waals surface area contributed by atoms with Crippen LogP contribution in [0.5, 0.6) is 5.75 Å². The predicted molar refractivity (Wildman–Crippen MR) is 148 cm³/mol. The van der Waals surface area contributed by atoms with Crippen molar-refractivity contribution in [2.45, 2.75) is 56.1 Å². The van der Waals surface area contributed by atoms with Gasteiger partial charge in [0, 0.05) is 18.7 Å². The number of amidine groups is 1. The maximum Gasteiger partial charge on any atom is 0.284 e. The lowest BCUT2D eigenvalue weighted by Gasteiger charge is -2.13. The van der Waals surface area contributed by atoms with Crippen LogP contribution in [0.25, 0.3) is 0 Å². The number of ether oxygens (including phenoxy) is 1. The predicted octanol–water partition coefficient (Wildman–Crippen LogP) is 5.16. The molecule has 0 aliphatic carbocycles. The molecule has 2 aromatic carbocycles. The van der Waals surface area contributed by atoms with Gasteiger partial charge in [0.1, 0.15) is 11.0 Å². The highest BCUT2D eigenvalue weighted by molar-refractivity contribution is 8.16. The van der Waals surface area contributed by atoms with E-state index < -0.39 is 15.3 Å². The first-order valence-corrected chi connectivity index (χ1v) is 14.6. The van der Waals surface area contributed by atoms with E-state index in [1.54, 1.807) is 36.4 Å². The maximum absolute atomic E-state index is 13.0. The van der Waals surface area contributed by atoms with Crippen LogP contribution >= 0.6 is 11.8 Å². The van der Waals surface area contributed by atoms with E-state index >= 15 is 0 Å². The zero-order valence-electron chi connectivity index (χ0n) is 21.2. The number of hydrogen-bond donors (Lipinski definition) is 1. The molecule has 1 heterocycles. The van der Waals surface area contributed by atoms with Crippen LogP contribution in [-0.4, -0.2) is 48.7 Å². The van der Waals surface area contributed by atoms with E-state index in [4.69, 9.17) is 4.74 Å². The van der Waals surface area contributed by atoms with Crippen LogP contribution in [0.15, 0.2) is 70.5 Å². The number of carbonyl (C=O) groups excluding carboxylic acids is 2. The first-order valence-electron chi connectivity index (χ1n) is 12.3. The van der Waals surface area contributed by atoms with Gasteiger partial charge in [-0.25, -0.2) is 0 Å². The minimum Gasteiger partial charge on any atom is -0.494 e. The molecular weight excluding hydrogens is 510 g/mol. The third-order valence-corrected chi connectivity index (χ3v) is 8.20. The fourth-order valence-corrected chi connectivity index (χ4v) is 5.97. The van der Waals surface area contributed by atoms with Gasteiger partial charge in [0.05, 0.1) is 11.5 Å². The Balaban J connectivity index is 1.62. The van der Waals surface area contributed by atoms with Gasteiger partial charge in [0.15, 0.2) is 5.17 Å². The zero-order chi connectivity index (χ0) is 26.8. The van der Waals surface area contributed by atoms with E-state index in [0.29, 0.717) is 12.3 Å². The van der Waals surface area contributed by atoms with Crippen molar-refractivity contribution < 1.29 is 22.7 Å². The average Bonchev–Trinajstić information content (AvgIpc) is 3.13. The van der Waals surface area contributed by atoms with E-state index in [0.717, 1.165) is 35.9 Å². The monoisotopic (exact) mass is 543 g/mol. The number of rotatable bonds is 13. The summed E-state index contributed by atoms with van der Waals surface area (Å²) in [5, 5.41) is 2.02. The molecule has 37 heavy (non-hydrogen) atoms. The Morgan fingerprint density at radius 3 is 2.49 bits per heavy atom. The highest BCUT2D eigenvalue weighted by atomic mass is 32.2. The summed E-state index contributed by atoms with van der Waals surface area (Å²) >= 11 is 0.966. The molecule has 2 amide bonds. The van der Waals surface area contributed by atoms with Crippen molar-refractivity contribution in [2.24, 2.45) is 4.40 Å². The van der Waals surface area contributed by atoms with Gasteiger partial charge >= 0.3 is 0 Å². The zero-order valence-corrected chi connectivity index (χ0v) is 22.8. The van der Waals surface area contributed by atoms with Crippen LogP contribution in [0, 0.1) is 6.92 Å². The van der Waals surface area contributed by atoms with Gasteiger partial charge in [-0.2, -0.15) is 8.42 Å². The summed E-state index contributed by atoms with van der Waals surface area (Å²) in [5.41, 5.74) is 1.50. The number of benzene rings is 2. The van der Waals surface area contributed by atoms with Gasteiger partial charge in [-0.05, 0) is 49.7 Å². The van der Waals surface area contributed by atoms with Gasteiger partial charge in [-0.1, -0.05) is 61.7 Å². The molecule has 8 nitrogen and oxygen atoms in total. The molecule has 1 fully saturated rings. The van der Waals surface area contributed by atoms with Gasteiger partial charge in [-0.15, -0.1) is 11.0 Å². The molecule has 3 rings (SSSR count). The normalized spacial score (nSPS) is 16.7. The van der Waals surface area contributed by atoms with Crippen LogP contribution < -0.4 is 10.1 Å². The third kappa shape index (κ3) is 8.19. The quantitative estimate of drug-likeness (QED) is 0.276. The second-order valence-electron chi connectivity index (χ2n) is 8.69. The number of anilines is 1. The van der Waals surface area contributed by atoms with Crippen LogP contribution in [-0.2, 0) is 19.6 Å². The number of sulfonamides is 1. The fourth-order valence-electron chi connectivity index (χ4n) is 3.61. The Bertz CT molecular complexity index is 1230. The van der Waals surface area contributed by atoms with Crippen molar-refractivity contribution >= 4 is 44.5 Å². The summed E-state index contributed by atoms with van der Waals surface area (Å²) in [5.74, 6) is -0.0169. The molecule has 0 saturated carbocycles. The summed E-state index contributed by atoms with van der Waals surface area (Å²) in [6, 6.07) is 13.4. The first kappa shape index (κ1) is 28.5. The van der Waals surface area contributed by atoms with Crippen molar-refractivity contribution in [1.82, 2.24) is 4.90 Å². The summed E-state index contributed by atoms with van der Waals surface area (Å²) in [7, 11) is -4.02. The van der Waals surface area contributed by atoms with Crippen LogP contribution in [0.2, 0.25) is 0 Å². The topological polar surface area (TPSA) is 105 Å². The molecule has 1 aliphatic heterocycles. The largest absolute Gasteiger partial charge is 0.494 e. The number of aryl methyl sites for hydroxylation is 1. The van der Waals surface area contributed by atoms with Crippen molar-refractivity contribution in [3.8, 4) is 5.75 Å². The molecule has 0 bridgehead atoms. The molecule has 0 radical (unpaired) electrons. The lowest BCUT2D eigenvalue weighted by atomic mass is 10.2. The summed E-state index contributed by atoms with van der Waals surface area (Å²) in [4.78, 5) is 26.9. The molecule has 0 aromatic heterocycles. The molecule has 2 aromatic rings. The lowest BCUT2D eigenvalue weighted by molar-refractivity contribution is -0.127. The number of carbonyl (C=O) groups is 2. The van der Waals surface area contributed by atoms with Crippen molar-refractivity contribution in [3.63, 3.8) is 0 Å². The second kappa shape index (κ2) is 13.4. The minimum atomic E-state index is -4.02. The van der Waals surface area contributed by atoms with E-state index in [1.807, 2.05) is 6.92 Å². The molecule has 1 saturated heterocycles. The number of thioether (sulfide) groups is 1. The highest BCUT2D eigenvalue weighted by Crippen LogP contribution is 2.31. The van der Waals surface area contributed by atoms with Crippen molar-refractivity contribution in [3.05, 3.63) is 66.7 Å². The molecule has 1 aliphatic rings. The van der Waals surface area contributed by atoms with E-state index in [-0.39, 0.29) is 34.8 Å². The molecule has 1 unspecified atom stereocenters. The highest BCUT2D eigenvalue weighted by Gasteiger charge is 2.39. The average molecular weight is 544 g/mol. The van der Waals surface area contributed by atoms with Crippen molar-refractivity contribution in [1.29, 1.82) is 0 Å². The Morgan fingerprint density at radius 2 is 1.84 bits per heavy atom. The molecule has 198 valence electrons. The number of nitrogens with zero attached hydrogens (tertiary/aromatic N) is 2. The Morgan fingerprint density at radius 1 is 1.14 bits per heavy atom. The number of nitrogens with one attached hydrogen (secondary N) is 1. The molecule has 10 heteroatoms. The maximum atomic E-state index is 13.0. The summed E-state index contributed by atoms with van der Waals surface area (Å²) in [6.07, 6.45) is 5.86. The van der Waals surface area contributed by atoms with Gasteiger partial charge in [0.25, 0.3) is 10.0 Å². The number of amides is 2.